The summed E-state index contributed by atoms with van der Waals surface area (Å²) in [6.45, 7) is 0. The first kappa shape index (κ1) is 12.6. The van der Waals surface area contributed by atoms with Gasteiger partial charge < -0.3 is 4.52 Å². The summed E-state index contributed by atoms with van der Waals surface area (Å²) in [6.07, 6.45) is 0. The van der Waals surface area contributed by atoms with Gasteiger partial charge in [0.1, 0.15) is 11.3 Å². The summed E-state index contributed by atoms with van der Waals surface area (Å²) in [5.74, 6) is 0.393. The molecule has 3 nitrogen and oxygen atoms in total. The molecule has 20 heavy (non-hydrogen) atoms. The third kappa shape index (κ3) is 2.24. The molecule has 1 heterocycles. The molecule has 1 aromatic heterocycles. The number of hydrogen-bond acceptors (Lipinski definition) is 3. The number of nitrogens with zero attached hydrogens (tertiary/aromatic N) is 1. The molecular formula is C16H10ClNO2. The van der Waals surface area contributed by atoms with E-state index in [2.05, 4.69) is 5.16 Å². The fourth-order valence-corrected chi connectivity index (χ4v) is 2.23. The summed E-state index contributed by atoms with van der Waals surface area (Å²) >= 11 is 5.72. The molecule has 0 bridgehead atoms. The van der Waals surface area contributed by atoms with Gasteiger partial charge >= 0.3 is 0 Å². The van der Waals surface area contributed by atoms with Crippen molar-refractivity contribution in [2.24, 2.45) is 0 Å². The maximum Gasteiger partial charge on any atom is 0.258 e. The van der Waals surface area contributed by atoms with E-state index in [4.69, 9.17) is 16.1 Å². The van der Waals surface area contributed by atoms with Gasteiger partial charge in [0, 0.05) is 11.1 Å². The van der Waals surface area contributed by atoms with Gasteiger partial charge in [0.25, 0.3) is 5.24 Å². The highest BCUT2D eigenvalue weighted by Crippen LogP contribution is 2.33. The first-order chi connectivity index (χ1) is 9.77. The predicted octanol–water partition coefficient (Wildman–Crippen LogP) is 4.39. The highest BCUT2D eigenvalue weighted by atomic mass is 35.5. The van der Waals surface area contributed by atoms with Crippen LogP contribution in [0, 0.1) is 0 Å². The molecule has 4 heteroatoms. The van der Waals surface area contributed by atoms with Gasteiger partial charge in [-0.3, -0.25) is 4.79 Å². The van der Waals surface area contributed by atoms with Crippen LogP contribution in [-0.4, -0.2) is 10.4 Å². The number of aromatic nitrogens is 1. The first-order valence-electron chi connectivity index (χ1n) is 6.07. The van der Waals surface area contributed by atoms with Crippen molar-refractivity contribution < 1.29 is 9.32 Å². The van der Waals surface area contributed by atoms with E-state index in [0.29, 0.717) is 17.0 Å². The molecule has 0 aliphatic carbocycles. The van der Waals surface area contributed by atoms with E-state index < -0.39 is 5.24 Å². The zero-order valence-corrected chi connectivity index (χ0v) is 11.2. The van der Waals surface area contributed by atoms with Crippen LogP contribution in [0.1, 0.15) is 10.4 Å². The third-order valence-corrected chi connectivity index (χ3v) is 3.16. The average Bonchev–Trinajstić information content (AvgIpc) is 2.94. The number of carbonyl (C=O) groups is 1. The SMILES string of the molecule is O=C(Cl)c1c(-c2ccccc2)noc1-c1ccccc1. The van der Waals surface area contributed by atoms with Crippen molar-refractivity contribution in [2.45, 2.75) is 0 Å². The Balaban J connectivity index is 2.20. The fraction of sp³-hybridized carbons (Fsp3) is 0. The standard InChI is InChI=1S/C16H10ClNO2/c17-16(19)13-14(11-7-3-1-4-8-11)18-20-15(13)12-9-5-2-6-10-12/h1-10H. The first-order valence-corrected chi connectivity index (χ1v) is 6.45. The van der Waals surface area contributed by atoms with Crippen LogP contribution in [0.25, 0.3) is 22.6 Å². The molecule has 0 aliphatic rings. The van der Waals surface area contributed by atoms with E-state index in [9.17, 15) is 4.79 Å². The summed E-state index contributed by atoms with van der Waals surface area (Å²) < 4.78 is 5.34. The molecule has 3 aromatic rings. The lowest BCUT2D eigenvalue weighted by Gasteiger charge is -1.99. The van der Waals surface area contributed by atoms with Gasteiger partial charge in [-0.15, -0.1) is 0 Å². The van der Waals surface area contributed by atoms with E-state index in [1.165, 1.54) is 0 Å². The minimum atomic E-state index is -0.580. The van der Waals surface area contributed by atoms with Crippen molar-refractivity contribution in [3.8, 4) is 22.6 Å². The number of benzene rings is 2. The van der Waals surface area contributed by atoms with Gasteiger partial charge in [0.05, 0.1) is 0 Å². The Morgan fingerprint density at radius 3 is 2.00 bits per heavy atom. The molecule has 0 atom stereocenters. The topological polar surface area (TPSA) is 43.1 Å². The molecule has 2 aromatic carbocycles. The van der Waals surface area contributed by atoms with Crippen LogP contribution in [0.5, 0.6) is 0 Å². The molecule has 0 saturated heterocycles. The van der Waals surface area contributed by atoms with Crippen LogP contribution in [0.3, 0.4) is 0 Å². The molecule has 0 fully saturated rings. The fourth-order valence-electron chi connectivity index (χ4n) is 2.05. The Morgan fingerprint density at radius 2 is 1.45 bits per heavy atom. The Kier molecular flexibility index (Phi) is 3.35. The van der Waals surface area contributed by atoms with Gasteiger partial charge in [0.15, 0.2) is 5.76 Å². The largest absolute Gasteiger partial charge is 0.355 e. The average molecular weight is 284 g/mol. The minimum absolute atomic E-state index is 0.295. The highest BCUT2D eigenvalue weighted by Gasteiger charge is 2.23. The van der Waals surface area contributed by atoms with Crippen LogP contribution in [0.15, 0.2) is 65.2 Å². The van der Waals surface area contributed by atoms with E-state index in [1.54, 1.807) is 0 Å². The summed E-state index contributed by atoms with van der Waals surface area (Å²) in [4.78, 5) is 11.8. The maximum absolute atomic E-state index is 11.8. The van der Waals surface area contributed by atoms with E-state index >= 15 is 0 Å². The van der Waals surface area contributed by atoms with Crippen LogP contribution in [0.2, 0.25) is 0 Å². The highest BCUT2D eigenvalue weighted by molar-refractivity contribution is 6.68. The van der Waals surface area contributed by atoms with Crippen LogP contribution in [-0.2, 0) is 0 Å². The summed E-state index contributed by atoms with van der Waals surface area (Å²) in [7, 11) is 0. The minimum Gasteiger partial charge on any atom is -0.355 e. The predicted molar refractivity (Wildman–Crippen MR) is 77.6 cm³/mol. The van der Waals surface area contributed by atoms with Crippen molar-refractivity contribution in [3.05, 3.63) is 66.2 Å². The molecular weight excluding hydrogens is 274 g/mol. The summed E-state index contributed by atoms with van der Waals surface area (Å²) in [5, 5.41) is 3.42. The Morgan fingerprint density at radius 1 is 0.900 bits per heavy atom. The Labute approximate surface area is 120 Å². The van der Waals surface area contributed by atoms with Crippen molar-refractivity contribution >= 4 is 16.8 Å². The van der Waals surface area contributed by atoms with Crippen molar-refractivity contribution in [1.29, 1.82) is 0 Å². The molecule has 0 unspecified atom stereocenters. The van der Waals surface area contributed by atoms with Crippen molar-refractivity contribution in [2.75, 3.05) is 0 Å². The molecule has 0 amide bonds. The van der Waals surface area contributed by atoms with Crippen LogP contribution >= 0.6 is 11.6 Å². The number of hydrogen-bond donors (Lipinski definition) is 0. The van der Waals surface area contributed by atoms with Crippen molar-refractivity contribution in [3.63, 3.8) is 0 Å². The second kappa shape index (κ2) is 5.31. The number of halogens is 1. The third-order valence-electron chi connectivity index (χ3n) is 2.97. The second-order valence-corrected chi connectivity index (χ2v) is 4.58. The molecule has 0 aliphatic heterocycles. The van der Waals surface area contributed by atoms with Crippen LogP contribution in [0.4, 0.5) is 0 Å². The number of rotatable bonds is 3. The molecule has 98 valence electrons. The molecule has 0 N–H and O–H groups in total. The van der Waals surface area contributed by atoms with Gasteiger partial charge in [-0.1, -0.05) is 65.8 Å². The van der Waals surface area contributed by atoms with Gasteiger partial charge in [-0.05, 0) is 11.6 Å². The summed E-state index contributed by atoms with van der Waals surface area (Å²) in [6, 6.07) is 18.7. The van der Waals surface area contributed by atoms with Gasteiger partial charge in [-0.25, -0.2) is 0 Å². The normalized spacial score (nSPS) is 10.4. The molecule has 0 radical (unpaired) electrons. The Bertz CT molecular complexity index is 679. The zero-order valence-electron chi connectivity index (χ0n) is 10.4. The second-order valence-electron chi connectivity index (χ2n) is 4.24. The lowest BCUT2D eigenvalue weighted by Crippen LogP contribution is -1.93. The quantitative estimate of drug-likeness (QED) is 0.670. The van der Waals surface area contributed by atoms with E-state index in [1.807, 2.05) is 60.7 Å². The lowest BCUT2D eigenvalue weighted by molar-refractivity contribution is 0.108. The molecule has 0 saturated carbocycles. The van der Waals surface area contributed by atoms with E-state index in [-0.39, 0.29) is 0 Å². The molecule has 0 spiro atoms. The maximum atomic E-state index is 11.8. The smallest absolute Gasteiger partial charge is 0.258 e. The zero-order chi connectivity index (χ0) is 13.9. The number of carbonyl (C=O) groups excluding carboxylic acids is 1. The molecule has 3 rings (SSSR count). The van der Waals surface area contributed by atoms with Gasteiger partial charge in [-0.2, -0.15) is 0 Å². The Hall–Kier alpha value is -2.39. The monoisotopic (exact) mass is 283 g/mol. The van der Waals surface area contributed by atoms with Crippen molar-refractivity contribution in [1.82, 2.24) is 5.16 Å². The summed E-state index contributed by atoms with van der Waals surface area (Å²) in [5.41, 5.74) is 2.32. The van der Waals surface area contributed by atoms with Crippen LogP contribution < -0.4 is 0 Å². The lowest BCUT2D eigenvalue weighted by atomic mass is 10.0. The van der Waals surface area contributed by atoms with E-state index in [0.717, 1.165) is 11.1 Å². The van der Waals surface area contributed by atoms with Gasteiger partial charge in [0.2, 0.25) is 0 Å².